The molecule has 2 atom stereocenters. The molecule has 1 saturated heterocycles. The first-order chi connectivity index (χ1) is 7.06. The van der Waals surface area contributed by atoms with Crippen molar-refractivity contribution in [3.8, 4) is 0 Å². The Balaban J connectivity index is 2.72. The summed E-state index contributed by atoms with van der Waals surface area (Å²) in [5.74, 6) is 0.699. The highest BCUT2D eigenvalue weighted by Gasteiger charge is 2.28. The summed E-state index contributed by atoms with van der Waals surface area (Å²) in [5, 5.41) is 2.96. The van der Waals surface area contributed by atoms with E-state index in [9.17, 15) is 4.79 Å². The first-order valence-corrected chi connectivity index (χ1v) is 5.78. The zero-order chi connectivity index (χ0) is 11.4. The average Bonchev–Trinajstić information content (AvgIpc) is 2.39. The van der Waals surface area contributed by atoms with E-state index in [0.29, 0.717) is 31.0 Å². The fourth-order valence-corrected chi connectivity index (χ4v) is 2.12. The Kier molecular flexibility index (Phi) is 4.54. The molecule has 3 N–H and O–H groups in total. The van der Waals surface area contributed by atoms with Crippen molar-refractivity contribution in [1.82, 2.24) is 10.2 Å². The Bertz CT molecular complexity index is 218. The number of carbonyl (C=O) groups is 1. The van der Waals surface area contributed by atoms with Gasteiger partial charge in [-0.1, -0.05) is 13.8 Å². The number of carbonyl (C=O) groups excluding carboxylic acids is 1. The van der Waals surface area contributed by atoms with Gasteiger partial charge in [-0.3, -0.25) is 9.69 Å². The molecular formula is C11H23N3O. The van der Waals surface area contributed by atoms with Crippen molar-refractivity contribution in [2.45, 2.75) is 39.3 Å². The normalized spacial score (nSPS) is 26.2. The molecule has 0 bridgehead atoms. The summed E-state index contributed by atoms with van der Waals surface area (Å²) in [6, 6.07) is 0.764. The Morgan fingerprint density at radius 3 is 2.73 bits per heavy atom. The van der Waals surface area contributed by atoms with Gasteiger partial charge < -0.3 is 11.1 Å². The lowest BCUT2D eigenvalue weighted by molar-refractivity contribution is -0.120. The number of nitrogens with one attached hydrogen (secondary N) is 1. The van der Waals surface area contributed by atoms with Crippen LogP contribution in [0.15, 0.2) is 0 Å². The smallest absolute Gasteiger partial charge is 0.221 e. The predicted octanol–water partition coefficient (Wildman–Crippen LogP) is 0.180. The lowest BCUT2D eigenvalue weighted by atomic mass is 10.0. The number of nitrogens with zero attached hydrogens (tertiary/aromatic N) is 1. The molecular weight excluding hydrogens is 190 g/mol. The quantitative estimate of drug-likeness (QED) is 0.703. The Labute approximate surface area is 92.2 Å². The van der Waals surface area contributed by atoms with E-state index in [1.807, 2.05) is 0 Å². The van der Waals surface area contributed by atoms with Gasteiger partial charge in [0.1, 0.15) is 0 Å². The molecule has 0 radical (unpaired) electrons. The van der Waals surface area contributed by atoms with E-state index in [1.54, 1.807) is 0 Å². The largest absolute Gasteiger partial charge is 0.354 e. The van der Waals surface area contributed by atoms with Crippen LogP contribution in [-0.4, -0.2) is 42.5 Å². The van der Waals surface area contributed by atoms with Crippen molar-refractivity contribution in [3.63, 3.8) is 0 Å². The second kappa shape index (κ2) is 5.47. The van der Waals surface area contributed by atoms with Crippen LogP contribution in [0, 0.1) is 5.92 Å². The average molecular weight is 213 g/mol. The molecule has 4 heteroatoms. The van der Waals surface area contributed by atoms with Crippen molar-refractivity contribution in [1.29, 1.82) is 0 Å². The van der Waals surface area contributed by atoms with Crippen LogP contribution in [0.5, 0.6) is 0 Å². The van der Waals surface area contributed by atoms with E-state index in [-0.39, 0.29) is 5.91 Å². The van der Waals surface area contributed by atoms with Gasteiger partial charge in [-0.15, -0.1) is 0 Å². The summed E-state index contributed by atoms with van der Waals surface area (Å²) in [7, 11) is 0. The Morgan fingerprint density at radius 2 is 2.20 bits per heavy atom. The van der Waals surface area contributed by atoms with Crippen molar-refractivity contribution < 1.29 is 4.79 Å². The molecule has 0 aliphatic carbocycles. The van der Waals surface area contributed by atoms with Gasteiger partial charge in [0, 0.05) is 38.1 Å². The zero-order valence-electron chi connectivity index (χ0n) is 9.99. The maximum Gasteiger partial charge on any atom is 0.221 e. The van der Waals surface area contributed by atoms with Crippen LogP contribution < -0.4 is 11.1 Å². The van der Waals surface area contributed by atoms with Gasteiger partial charge in [0.2, 0.25) is 5.91 Å². The van der Waals surface area contributed by atoms with Crippen LogP contribution in [0.2, 0.25) is 0 Å². The Morgan fingerprint density at radius 1 is 1.53 bits per heavy atom. The van der Waals surface area contributed by atoms with Crippen molar-refractivity contribution >= 4 is 5.91 Å². The SMILES string of the molecule is CC(C)C1CNC(=O)CCN1C(C)CN. The summed E-state index contributed by atoms with van der Waals surface area (Å²) >= 11 is 0. The van der Waals surface area contributed by atoms with E-state index in [4.69, 9.17) is 5.73 Å². The zero-order valence-corrected chi connectivity index (χ0v) is 9.99. The summed E-state index contributed by atoms with van der Waals surface area (Å²) in [6.45, 7) is 8.74. The van der Waals surface area contributed by atoms with E-state index in [0.717, 1.165) is 13.1 Å². The van der Waals surface area contributed by atoms with Crippen LogP contribution in [0.3, 0.4) is 0 Å². The summed E-state index contributed by atoms with van der Waals surface area (Å²) in [4.78, 5) is 13.7. The highest BCUT2D eigenvalue weighted by molar-refractivity contribution is 5.76. The third-order valence-corrected chi connectivity index (χ3v) is 3.21. The minimum absolute atomic E-state index is 0.160. The molecule has 1 amide bonds. The van der Waals surface area contributed by atoms with Gasteiger partial charge in [0.15, 0.2) is 0 Å². The van der Waals surface area contributed by atoms with E-state index < -0.39 is 0 Å². The number of hydrogen-bond donors (Lipinski definition) is 2. The summed E-state index contributed by atoms with van der Waals surface area (Å²) in [6.07, 6.45) is 0.591. The van der Waals surface area contributed by atoms with Gasteiger partial charge in [-0.05, 0) is 12.8 Å². The van der Waals surface area contributed by atoms with E-state index in [1.165, 1.54) is 0 Å². The summed E-state index contributed by atoms with van der Waals surface area (Å²) in [5.41, 5.74) is 5.70. The molecule has 0 aromatic carbocycles. The maximum absolute atomic E-state index is 11.3. The van der Waals surface area contributed by atoms with E-state index in [2.05, 4.69) is 31.0 Å². The standard InChI is InChI=1S/C11H23N3O/c1-8(2)10-7-13-11(15)4-5-14(10)9(3)6-12/h8-10H,4-7,12H2,1-3H3,(H,13,15). The maximum atomic E-state index is 11.3. The monoisotopic (exact) mass is 213 g/mol. The van der Waals surface area contributed by atoms with E-state index >= 15 is 0 Å². The third-order valence-electron chi connectivity index (χ3n) is 3.21. The van der Waals surface area contributed by atoms with Gasteiger partial charge in [-0.2, -0.15) is 0 Å². The van der Waals surface area contributed by atoms with Crippen molar-refractivity contribution in [3.05, 3.63) is 0 Å². The molecule has 0 saturated carbocycles. The second-order valence-electron chi connectivity index (χ2n) is 4.69. The molecule has 1 rings (SSSR count). The van der Waals surface area contributed by atoms with Gasteiger partial charge >= 0.3 is 0 Å². The lowest BCUT2D eigenvalue weighted by Crippen LogP contribution is -2.50. The number of nitrogens with two attached hydrogens (primary N) is 1. The first-order valence-electron chi connectivity index (χ1n) is 5.78. The lowest BCUT2D eigenvalue weighted by Gasteiger charge is -2.36. The minimum atomic E-state index is 0.160. The van der Waals surface area contributed by atoms with Gasteiger partial charge in [-0.25, -0.2) is 0 Å². The molecule has 1 fully saturated rings. The van der Waals surface area contributed by atoms with Crippen molar-refractivity contribution in [2.24, 2.45) is 11.7 Å². The fourth-order valence-electron chi connectivity index (χ4n) is 2.12. The number of hydrogen-bond acceptors (Lipinski definition) is 3. The molecule has 0 aromatic rings. The minimum Gasteiger partial charge on any atom is -0.354 e. The van der Waals surface area contributed by atoms with Gasteiger partial charge in [0.25, 0.3) is 0 Å². The highest BCUT2D eigenvalue weighted by atomic mass is 16.1. The van der Waals surface area contributed by atoms with Crippen LogP contribution in [0.25, 0.3) is 0 Å². The fraction of sp³-hybridized carbons (Fsp3) is 0.909. The number of amides is 1. The predicted molar refractivity (Wildman–Crippen MR) is 61.5 cm³/mol. The molecule has 1 aliphatic rings. The molecule has 15 heavy (non-hydrogen) atoms. The Hall–Kier alpha value is -0.610. The van der Waals surface area contributed by atoms with Crippen LogP contribution in [-0.2, 0) is 4.79 Å². The highest BCUT2D eigenvalue weighted by Crippen LogP contribution is 2.16. The molecule has 4 nitrogen and oxygen atoms in total. The third kappa shape index (κ3) is 3.18. The molecule has 0 aromatic heterocycles. The van der Waals surface area contributed by atoms with Crippen molar-refractivity contribution in [2.75, 3.05) is 19.6 Å². The topological polar surface area (TPSA) is 58.4 Å². The molecule has 1 aliphatic heterocycles. The van der Waals surface area contributed by atoms with Crippen LogP contribution in [0.4, 0.5) is 0 Å². The second-order valence-corrected chi connectivity index (χ2v) is 4.69. The van der Waals surface area contributed by atoms with Gasteiger partial charge in [0.05, 0.1) is 0 Å². The molecule has 1 heterocycles. The molecule has 2 unspecified atom stereocenters. The number of rotatable bonds is 3. The molecule has 0 spiro atoms. The van der Waals surface area contributed by atoms with Crippen LogP contribution >= 0.6 is 0 Å². The summed E-state index contributed by atoms with van der Waals surface area (Å²) < 4.78 is 0. The molecule has 88 valence electrons. The first kappa shape index (κ1) is 12.5. The van der Waals surface area contributed by atoms with Crippen LogP contribution in [0.1, 0.15) is 27.2 Å².